The normalized spacial score (nSPS) is 27.3. The third kappa shape index (κ3) is 4.22. The van der Waals surface area contributed by atoms with Crippen LogP contribution in [-0.4, -0.2) is 84.5 Å². The van der Waals surface area contributed by atoms with Crippen LogP contribution in [0.4, 0.5) is 0 Å². The lowest BCUT2D eigenvalue weighted by Crippen LogP contribution is -2.62. The Morgan fingerprint density at radius 3 is 2.78 bits per heavy atom. The third-order valence-corrected chi connectivity index (χ3v) is 5.43. The van der Waals surface area contributed by atoms with Gasteiger partial charge in [-0.3, -0.25) is 14.8 Å². The molecule has 0 radical (unpaired) electrons. The van der Waals surface area contributed by atoms with Crippen LogP contribution in [0, 0.1) is 6.92 Å². The number of fused-ring (bicyclic) bond motifs is 3. The highest BCUT2D eigenvalue weighted by atomic mass is 32.1. The topological polar surface area (TPSA) is 47.0 Å². The van der Waals surface area contributed by atoms with Crippen molar-refractivity contribution in [3.63, 3.8) is 0 Å². The van der Waals surface area contributed by atoms with Crippen LogP contribution in [0.25, 0.3) is 0 Å². The van der Waals surface area contributed by atoms with E-state index >= 15 is 0 Å². The highest BCUT2D eigenvalue weighted by Crippen LogP contribution is 2.16. The van der Waals surface area contributed by atoms with Crippen LogP contribution in [0.5, 0.6) is 0 Å². The monoisotopic (exact) mass is 336 g/mol. The van der Waals surface area contributed by atoms with Gasteiger partial charge in [0, 0.05) is 57.7 Å². The van der Waals surface area contributed by atoms with Gasteiger partial charge < -0.3 is 10.2 Å². The molecule has 0 aliphatic carbocycles. The number of hydrogen-bond acceptors (Lipinski definition) is 5. The maximum atomic E-state index is 4.90. The second kappa shape index (κ2) is 7.59. The van der Waals surface area contributed by atoms with E-state index in [2.05, 4.69) is 51.3 Å². The van der Waals surface area contributed by atoms with Crippen LogP contribution in [0.2, 0.25) is 0 Å². The van der Waals surface area contributed by atoms with E-state index in [4.69, 9.17) is 4.99 Å². The lowest BCUT2D eigenvalue weighted by atomic mass is 10.1. The van der Waals surface area contributed by atoms with Gasteiger partial charge in [-0.1, -0.05) is 0 Å². The van der Waals surface area contributed by atoms with Crippen LogP contribution in [0.3, 0.4) is 0 Å². The molecular formula is C16H28N6S. The minimum absolute atomic E-state index is 0.570. The first-order chi connectivity index (χ1) is 11.2. The zero-order valence-electron chi connectivity index (χ0n) is 14.5. The molecule has 1 aromatic rings. The summed E-state index contributed by atoms with van der Waals surface area (Å²) in [5.74, 6) is 0.982. The highest BCUT2D eigenvalue weighted by molar-refractivity contribution is 7.09. The molecule has 2 bridgehead atoms. The summed E-state index contributed by atoms with van der Waals surface area (Å²) in [5.41, 5.74) is 1.12. The van der Waals surface area contributed by atoms with Crippen molar-refractivity contribution in [2.24, 2.45) is 4.99 Å². The zero-order chi connectivity index (χ0) is 16.2. The fourth-order valence-corrected chi connectivity index (χ4v) is 3.96. The van der Waals surface area contributed by atoms with Gasteiger partial charge in [0.25, 0.3) is 0 Å². The number of nitrogens with one attached hydrogen (secondary N) is 1. The molecule has 23 heavy (non-hydrogen) atoms. The molecule has 0 spiro atoms. The molecule has 3 aliphatic heterocycles. The predicted molar refractivity (Wildman–Crippen MR) is 96.1 cm³/mol. The first kappa shape index (κ1) is 16.7. The highest BCUT2D eigenvalue weighted by Gasteiger charge is 2.31. The standard InChI is InChI=1S/C16H28N6S/c1-4-17-16(20(3)10-14-12-23-13(2)19-14)18-9-15-11-21-5-7-22(15)8-6-21/h12,15H,4-11H2,1-3H3,(H,17,18). The first-order valence-electron chi connectivity index (χ1n) is 8.52. The van der Waals surface area contributed by atoms with Crippen molar-refractivity contribution in [1.82, 2.24) is 25.0 Å². The number of hydrogen-bond donors (Lipinski definition) is 1. The SMILES string of the molecule is CCNC(=NCC1CN2CCN1CC2)N(C)Cc1csc(C)n1. The Kier molecular flexibility index (Phi) is 5.50. The molecule has 0 saturated carbocycles. The molecule has 1 unspecified atom stereocenters. The number of rotatable bonds is 5. The van der Waals surface area contributed by atoms with Crippen molar-refractivity contribution < 1.29 is 0 Å². The number of aliphatic imine (C=N–C) groups is 1. The van der Waals surface area contributed by atoms with Gasteiger partial charge in [0.2, 0.25) is 0 Å². The Hall–Kier alpha value is -1.18. The molecule has 4 rings (SSSR count). The zero-order valence-corrected chi connectivity index (χ0v) is 15.3. The molecule has 3 fully saturated rings. The van der Waals surface area contributed by atoms with Gasteiger partial charge in [0.05, 0.1) is 23.8 Å². The maximum Gasteiger partial charge on any atom is 0.194 e. The van der Waals surface area contributed by atoms with E-state index in [1.165, 1.54) is 26.2 Å². The molecule has 3 aliphatic rings. The van der Waals surface area contributed by atoms with Gasteiger partial charge in [-0.2, -0.15) is 0 Å². The first-order valence-corrected chi connectivity index (χ1v) is 9.40. The Labute approximate surface area is 143 Å². The fraction of sp³-hybridized carbons (Fsp3) is 0.750. The number of aryl methyl sites for hydroxylation is 1. The summed E-state index contributed by atoms with van der Waals surface area (Å²) >= 11 is 1.71. The molecule has 4 heterocycles. The molecule has 0 aromatic carbocycles. The van der Waals surface area contributed by atoms with Gasteiger partial charge in [0.15, 0.2) is 5.96 Å². The molecule has 3 saturated heterocycles. The number of thiazole rings is 1. The van der Waals surface area contributed by atoms with Crippen LogP contribution >= 0.6 is 11.3 Å². The number of guanidine groups is 1. The Bertz CT molecular complexity index is 534. The minimum Gasteiger partial charge on any atom is -0.357 e. The summed E-state index contributed by atoms with van der Waals surface area (Å²) in [7, 11) is 2.09. The number of aromatic nitrogens is 1. The van der Waals surface area contributed by atoms with E-state index in [1.54, 1.807) is 11.3 Å². The van der Waals surface area contributed by atoms with Crippen LogP contribution in [0.1, 0.15) is 17.6 Å². The van der Waals surface area contributed by atoms with Crippen LogP contribution in [0.15, 0.2) is 10.4 Å². The van der Waals surface area contributed by atoms with E-state index in [0.717, 1.165) is 42.8 Å². The predicted octanol–water partition coefficient (Wildman–Crippen LogP) is 0.849. The molecule has 6 nitrogen and oxygen atoms in total. The van der Waals surface area contributed by atoms with Gasteiger partial charge in [-0.05, 0) is 13.8 Å². The summed E-state index contributed by atoms with van der Waals surface area (Å²) in [6, 6.07) is 0.570. The van der Waals surface area contributed by atoms with Crippen LogP contribution in [-0.2, 0) is 6.54 Å². The Balaban J connectivity index is 1.60. The van der Waals surface area contributed by atoms with Crippen molar-refractivity contribution in [3.05, 3.63) is 16.1 Å². The molecule has 0 amide bonds. The second-order valence-electron chi connectivity index (χ2n) is 6.40. The van der Waals surface area contributed by atoms with E-state index in [9.17, 15) is 0 Å². The number of nitrogens with zero attached hydrogens (tertiary/aromatic N) is 5. The summed E-state index contributed by atoms with van der Waals surface area (Å²) in [4.78, 5) is 16.8. The molecule has 7 heteroatoms. The van der Waals surface area contributed by atoms with E-state index in [1.807, 2.05) is 0 Å². The summed E-state index contributed by atoms with van der Waals surface area (Å²) < 4.78 is 0. The van der Waals surface area contributed by atoms with Crippen molar-refractivity contribution >= 4 is 17.3 Å². The van der Waals surface area contributed by atoms with Crippen molar-refractivity contribution in [2.75, 3.05) is 52.9 Å². The van der Waals surface area contributed by atoms with Crippen molar-refractivity contribution in [2.45, 2.75) is 26.4 Å². The maximum absolute atomic E-state index is 4.90. The average Bonchev–Trinajstić information content (AvgIpc) is 2.97. The van der Waals surface area contributed by atoms with Crippen molar-refractivity contribution in [3.8, 4) is 0 Å². The van der Waals surface area contributed by atoms with Gasteiger partial charge in [-0.25, -0.2) is 4.98 Å². The van der Waals surface area contributed by atoms with E-state index in [-0.39, 0.29) is 0 Å². The molecule has 128 valence electrons. The van der Waals surface area contributed by atoms with E-state index < -0.39 is 0 Å². The molecule has 1 N–H and O–H groups in total. The Morgan fingerprint density at radius 1 is 1.43 bits per heavy atom. The number of piperazine rings is 3. The smallest absolute Gasteiger partial charge is 0.194 e. The largest absolute Gasteiger partial charge is 0.357 e. The van der Waals surface area contributed by atoms with Gasteiger partial charge in [-0.15, -0.1) is 11.3 Å². The molecule has 1 aromatic heterocycles. The second-order valence-corrected chi connectivity index (χ2v) is 7.46. The van der Waals surface area contributed by atoms with Crippen LogP contribution < -0.4 is 5.32 Å². The lowest BCUT2D eigenvalue weighted by molar-refractivity contribution is 0.0173. The van der Waals surface area contributed by atoms with Crippen molar-refractivity contribution in [1.29, 1.82) is 0 Å². The summed E-state index contributed by atoms with van der Waals surface area (Å²) in [6.45, 7) is 12.7. The minimum atomic E-state index is 0.570. The molecule has 1 atom stereocenters. The van der Waals surface area contributed by atoms with Gasteiger partial charge >= 0.3 is 0 Å². The van der Waals surface area contributed by atoms with E-state index in [0.29, 0.717) is 6.04 Å². The van der Waals surface area contributed by atoms with Gasteiger partial charge in [0.1, 0.15) is 0 Å². The summed E-state index contributed by atoms with van der Waals surface area (Å²) in [5, 5.41) is 6.67. The average molecular weight is 337 g/mol. The molecular weight excluding hydrogens is 308 g/mol. The quantitative estimate of drug-likeness (QED) is 0.638. The lowest BCUT2D eigenvalue weighted by Gasteiger charge is -2.47. The third-order valence-electron chi connectivity index (χ3n) is 4.61. The summed E-state index contributed by atoms with van der Waals surface area (Å²) in [6.07, 6.45) is 0. The fourth-order valence-electron chi connectivity index (χ4n) is 3.36. The Morgan fingerprint density at radius 2 is 2.22 bits per heavy atom.